The molecule has 3 rings (SSSR count). The molecule has 3 fully saturated rings. The number of allylic oxidation sites excluding steroid dienone is 1. The molecule has 3 saturated heterocycles. The lowest BCUT2D eigenvalue weighted by Gasteiger charge is -2.48. The standard InChI is InChI=1S/C28H48O18/c1-2-3-4-5-6-7-8-12(25(38)39)41-24-16(32)13(9-29)43-28(21(24)37)46-23-15(11-31)44-27(20(36)18(23)34)45-22-14(10-30)42-26(40)19(35)17(22)33/h8,13-24,26-37,40H,2-7,9-11H2,1H3,(H,38,39)/b12-8+/t13-,14-,15-,16+,17-,18-,19-,20-,21-,22-,23-,24+,26-,27+,28+/m1/s1. The zero-order chi connectivity index (χ0) is 34.1. The van der Waals surface area contributed by atoms with Crippen LogP contribution in [0.5, 0.6) is 0 Å². The van der Waals surface area contributed by atoms with Crippen molar-refractivity contribution in [2.45, 2.75) is 138 Å². The Kier molecular flexibility index (Phi) is 15.4. The summed E-state index contributed by atoms with van der Waals surface area (Å²) in [6.45, 7) is -0.421. The zero-order valence-electron chi connectivity index (χ0n) is 25.4. The molecule has 0 unspecified atom stereocenters. The summed E-state index contributed by atoms with van der Waals surface area (Å²) in [6, 6.07) is 0. The number of aliphatic hydroxyl groups excluding tert-OH is 10. The van der Waals surface area contributed by atoms with Crippen molar-refractivity contribution in [3.05, 3.63) is 11.8 Å². The van der Waals surface area contributed by atoms with E-state index in [2.05, 4.69) is 6.92 Å². The number of aliphatic carboxylic acids is 1. The molecule has 0 spiro atoms. The maximum Gasteiger partial charge on any atom is 0.370 e. The molecule has 0 bridgehead atoms. The van der Waals surface area contributed by atoms with Crippen LogP contribution in [0.25, 0.3) is 0 Å². The molecule has 0 saturated carbocycles. The van der Waals surface area contributed by atoms with Crippen molar-refractivity contribution >= 4 is 5.97 Å². The molecule has 268 valence electrons. The van der Waals surface area contributed by atoms with Gasteiger partial charge in [0.2, 0.25) is 5.76 Å². The summed E-state index contributed by atoms with van der Waals surface area (Å²) in [5.41, 5.74) is 0. The minimum absolute atomic E-state index is 0.345. The highest BCUT2D eigenvalue weighted by Crippen LogP contribution is 2.33. The molecule has 3 heterocycles. The fourth-order valence-corrected chi connectivity index (χ4v) is 5.50. The van der Waals surface area contributed by atoms with Gasteiger partial charge in [-0.2, -0.15) is 0 Å². The summed E-state index contributed by atoms with van der Waals surface area (Å²) in [7, 11) is 0. The summed E-state index contributed by atoms with van der Waals surface area (Å²) >= 11 is 0. The van der Waals surface area contributed by atoms with Crippen LogP contribution in [0.2, 0.25) is 0 Å². The number of ether oxygens (including phenoxy) is 6. The Balaban J connectivity index is 1.73. The minimum atomic E-state index is -1.98. The summed E-state index contributed by atoms with van der Waals surface area (Å²) in [4.78, 5) is 11.9. The van der Waals surface area contributed by atoms with E-state index in [9.17, 15) is 61.0 Å². The van der Waals surface area contributed by atoms with Crippen molar-refractivity contribution in [1.82, 2.24) is 0 Å². The van der Waals surface area contributed by atoms with Crippen molar-refractivity contribution in [1.29, 1.82) is 0 Å². The first kappa shape index (κ1) is 38.9. The average molecular weight is 673 g/mol. The van der Waals surface area contributed by atoms with Crippen LogP contribution in [-0.2, 0) is 33.2 Å². The predicted molar refractivity (Wildman–Crippen MR) is 149 cm³/mol. The van der Waals surface area contributed by atoms with Gasteiger partial charge in [-0.05, 0) is 18.9 Å². The van der Waals surface area contributed by atoms with Gasteiger partial charge in [0, 0.05) is 0 Å². The molecule has 18 heteroatoms. The number of unbranched alkanes of at least 4 members (excludes halogenated alkanes) is 5. The third kappa shape index (κ3) is 9.30. The second-order valence-corrected chi connectivity index (χ2v) is 11.5. The van der Waals surface area contributed by atoms with Gasteiger partial charge in [-0.25, -0.2) is 4.79 Å². The highest BCUT2D eigenvalue weighted by Gasteiger charge is 2.54. The van der Waals surface area contributed by atoms with Gasteiger partial charge in [-0.3, -0.25) is 0 Å². The van der Waals surface area contributed by atoms with Crippen LogP contribution in [0.15, 0.2) is 11.8 Å². The molecule has 0 radical (unpaired) electrons. The van der Waals surface area contributed by atoms with Gasteiger partial charge in [-0.1, -0.05) is 32.6 Å². The van der Waals surface area contributed by atoms with E-state index in [-0.39, 0.29) is 0 Å². The molecule has 0 aromatic carbocycles. The third-order valence-corrected chi connectivity index (χ3v) is 8.18. The van der Waals surface area contributed by atoms with Crippen LogP contribution in [0, 0.1) is 0 Å². The van der Waals surface area contributed by atoms with Crippen molar-refractivity contribution in [2.24, 2.45) is 0 Å². The fourth-order valence-electron chi connectivity index (χ4n) is 5.50. The Morgan fingerprint density at radius 1 is 0.630 bits per heavy atom. The number of carbonyl (C=O) groups is 1. The normalized spacial score (nSPS) is 42.2. The first-order chi connectivity index (χ1) is 21.9. The van der Waals surface area contributed by atoms with Gasteiger partial charge in [0.1, 0.15) is 67.1 Å². The van der Waals surface area contributed by atoms with E-state index in [0.29, 0.717) is 12.8 Å². The van der Waals surface area contributed by atoms with Crippen molar-refractivity contribution in [2.75, 3.05) is 19.8 Å². The quantitative estimate of drug-likeness (QED) is 0.0421. The van der Waals surface area contributed by atoms with E-state index in [1.807, 2.05) is 0 Å². The molecule has 15 atom stereocenters. The largest absolute Gasteiger partial charge is 0.478 e. The average Bonchev–Trinajstić information content (AvgIpc) is 3.03. The van der Waals surface area contributed by atoms with E-state index in [0.717, 1.165) is 25.7 Å². The van der Waals surface area contributed by atoms with Gasteiger partial charge in [0.15, 0.2) is 25.0 Å². The van der Waals surface area contributed by atoms with Crippen LogP contribution < -0.4 is 0 Å². The number of carboxylic acid groups (broad SMARTS) is 1. The summed E-state index contributed by atoms with van der Waals surface area (Å²) in [5, 5.41) is 113. The zero-order valence-corrected chi connectivity index (χ0v) is 25.4. The highest BCUT2D eigenvalue weighted by atomic mass is 16.8. The van der Waals surface area contributed by atoms with Gasteiger partial charge >= 0.3 is 5.97 Å². The molecule has 18 nitrogen and oxygen atoms in total. The van der Waals surface area contributed by atoms with Crippen molar-refractivity contribution in [3.8, 4) is 0 Å². The maximum absolute atomic E-state index is 11.9. The summed E-state index contributed by atoms with van der Waals surface area (Å²) in [6.07, 6.45) is -19.8. The topological polar surface area (TPSA) is 295 Å². The predicted octanol–water partition coefficient (Wildman–Crippen LogP) is -4.22. The molecule has 0 aliphatic carbocycles. The van der Waals surface area contributed by atoms with Crippen LogP contribution in [0.1, 0.15) is 45.4 Å². The summed E-state index contributed by atoms with van der Waals surface area (Å²) < 4.78 is 32.7. The smallest absolute Gasteiger partial charge is 0.370 e. The van der Waals surface area contributed by atoms with E-state index in [1.165, 1.54) is 6.08 Å². The Labute approximate surface area is 264 Å². The Hall–Kier alpha value is -1.59. The lowest BCUT2D eigenvalue weighted by molar-refractivity contribution is -0.378. The third-order valence-electron chi connectivity index (χ3n) is 8.18. The van der Waals surface area contributed by atoms with E-state index in [4.69, 9.17) is 28.4 Å². The van der Waals surface area contributed by atoms with Crippen LogP contribution in [-0.4, -0.2) is 174 Å². The maximum atomic E-state index is 11.9. The Morgan fingerprint density at radius 3 is 1.72 bits per heavy atom. The van der Waals surface area contributed by atoms with Gasteiger partial charge in [-0.15, -0.1) is 0 Å². The second kappa shape index (κ2) is 18.2. The van der Waals surface area contributed by atoms with Crippen LogP contribution in [0.4, 0.5) is 0 Å². The van der Waals surface area contributed by atoms with E-state index in [1.54, 1.807) is 0 Å². The molecular weight excluding hydrogens is 624 g/mol. The Morgan fingerprint density at radius 2 is 1.15 bits per heavy atom. The number of hydrogen-bond donors (Lipinski definition) is 11. The molecular formula is C28H48O18. The number of rotatable bonds is 16. The molecule has 3 aliphatic heterocycles. The fraction of sp³-hybridized carbons (Fsp3) is 0.893. The van der Waals surface area contributed by atoms with E-state index >= 15 is 0 Å². The highest BCUT2D eigenvalue weighted by molar-refractivity contribution is 5.84. The number of hydrogen-bond acceptors (Lipinski definition) is 17. The molecule has 11 N–H and O–H groups in total. The van der Waals surface area contributed by atoms with Crippen LogP contribution >= 0.6 is 0 Å². The number of carboxylic acids is 1. The van der Waals surface area contributed by atoms with E-state index < -0.39 is 124 Å². The van der Waals surface area contributed by atoms with Gasteiger partial charge in [0.05, 0.1) is 19.8 Å². The first-order valence-electron chi connectivity index (χ1n) is 15.4. The lowest BCUT2D eigenvalue weighted by Crippen LogP contribution is -2.66. The monoisotopic (exact) mass is 672 g/mol. The minimum Gasteiger partial charge on any atom is -0.478 e. The first-order valence-corrected chi connectivity index (χ1v) is 15.4. The van der Waals surface area contributed by atoms with Crippen molar-refractivity contribution < 1.29 is 89.4 Å². The molecule has 3 aliphatic rings. The van der Waals surface area contributed by atoms with Gasteiger partial charge in [0.25, 0.3) is 0 Å². The Bertz CT molecular complexity index is 949. The number of aliphatic hydroxyl groups is 10. The second-order valence-electron chi connectivity index (χ2n) is 11.5. The van der Waals surface area contributed by atoms with Gasteiger partial charge < -0.3 is 84.6 Å². The molecule has 0 amide bonds. The van der Waals surface area contributed by atoms with Crippen LogP contribution in [0.3, 0.4) is 0 Å². The SMILES string of the molecule is CCCCCCC/C=C(/O[C@H]1[C@@H](O)[C@@H](CO)O[C@@H](O[C@H]2[C@H](O)[C@@H](O)[C@H](O[C@H]3[C@H](O)[C@@H](O)[C@H](O)O[C@@H]3CO)O[C@@H]2CO)[C@@H]1O)C(=O)O. The summed E-state index contributed by atoms with van der Waals surface area (Å²) in [5.74, 6) is -2.03. The molecule has 46 heavy (non-hydrogen) atoms. The molecule has 0 aromatic heterocycles. The lowest BCUT2D eigenvalue weighted by atomic mass is 9.96. The molecule has 0 aromatic rings. The van der Waals surface area contributed by atoms with Crippen molar-refractivity contribution in [3.63, 3.8) is 0 Å².